The SMILES string of the molecule is N#Cc1cc(-c2ccnc(Cc3ccc(N4CCOCC4)cc3)n2)ccc1F. The monoisotopic (exact) mass is 374 g/mol. The highest BCUT2D eigenvalue weighted by Crippen LogP contribution is 2.21. The largest absolute Gasteiger partial charge is 0.378 e. The zero-order valence-corrected chi connectivity index (χ0v) is 15.3. The van der Waals surface area contributed by atoms with Gasteiger partial charge in [-0.3, -0.25) is 0 Å². The Labute approximate surface area is 163 Å². The van der Waals surface area contributed by atoms with Gasteiger partial charge in [-0.1, -0.05) is 12.1 Å². The second-order valence-electron chi connectivity index (χ2n) is 6.61. The molecule has 1 aliphatic heterocycles. The number of hydrogen-bond acceptors (Lipinski definition) is 5. The molecule has 0 saturated carbocycles. The molecule has 0 aliphatic carbocycles. The van der Waals surface area contributed by atoms with E-state index < -0.39 is 5.82 Å². The van der Waals surface area contributed by atoms with E-state index in [-0.39, 0.29) is 5.56 Å². The van der Waals surface area contributed by atoms with Gasteiger partial charge in [-0.25, -0.2) is 14.4 Å². The summed E-state index contributed by atoms with van der Waals surface area (Å²) in [5, 5.41) is 9.02. The number of hydrogen-bond donors (Lipinski definition) is 0. The molecule has 0 N–H and O–H groups in total. The first-order valence-electron chi connectivity index (χ1n) is 9.16. The van der Waals surface area contributed by atoms with Gasteiger partial charge in [0.2, 0.25) is 0 Å². The Kier molecular flexibility index (Phi) is 5.27. The lowest BCUT2D eigenvalue weighted by molar-refractivity contribution is 0.122. The second-order valence-corrected chi connectivity index (χ2v) is 6.61. The van der Waals surface area contributed by atoms with Gasteiger partial charge in [-0.05, 0) is 42.0 Å². The van der Waals surface area contributed by atoms with Crippen molar-refractivity contribution in [2.24, 2.45) is 0 Å². The Morgan fingerprint density at radius 1 is 1.07 bits per heavy atom. The van der Waals surface area contributed by atoms with Crippen molar-refractivity contribution in [2.75, 3.05) is 31.2 Å². The van der Waals surface area contributed by atoms with Crippen LogP contribution in [0.3, 0.4) is 0 Å². The zero-order chi connectivity index (χ0) is 19.3. The number of nitriles is 1. The number of anilines is 1. The molecular weight excluding hydrogens is 355 g/mol. The van der Waals surface area contributed by atoms with Gasteiger partial charge >= 0.3 is 0 Å². The summed E-state index contributed by atoms with van der Waals surface area (Å²) in [5.74, 6) is 0.153. The molecule has 4 rings (SSSR count). The summed E-state index contributed by atoms with van der Waals surface area (Å²) in [5.41, 5.74) is 3.69. The summed E-state index contributed by atoms with van der Waals surface area (Å²) in [6.07, 6.45) is 2.29. The van der Waals surface area contributed by atoms with Crippen LogP contribution in [0.1, 0.15) is 17.0 Å². The average molecular weight is 374 g/mol. The minimum Gasteiger partial charge on any atom is -0.378 e. The quantitative estimate of drug-likeness (QED) is 0.698. The molecule has 0 radical (unpaired) electrons. The predicted molar refractivity (Wildman–Crippen MR) is 104 cm³/mol. The normalized spacial score (nSPS) is 13.9. The van der Waals surface area contributed by atoms with Crippen LogP contribution >= 0.6 is 0 Å². The standard InChI is InChI=1S/C22H19FN4O/c23-20-6-3-17(14-18(20)15-24)21-7-8-25-22(26-21)13-16-1-4-19(5-2-16)27-9-11-28-12-10-27/h1-8,14H,9-13H2. The number of aromatic nitrogens is 2. The highest BCUT2D eigenvalue weighted by molar-refractivity contribution is 5.61. The average Bonchev–Trinajstić information content (AvgIpc) is 2.75. The third-order valence-electron chi connectivity index (χ3n) is 4.76. The molecule has 2 heterocycles. The van der Waals surface area contributed by atoms with Gasteiger partial charge in [0.15, 0.2) is 0 Å². The lowest BCUT2D eigenvalue weighted by atomic mass is 10.1. The first kappa shape index (κ1) is 18.1. The maximum absolute atomic E-state index is 13.6. The Balaban J connectivity index is 1.51. The molecule has 2 aromatic carbocycles. The van der Waals surface area contributed by atoms with E-state index in [0.29, 0.717) is 23.5 Å². The Morgan fingerprint density at radius 2 is 1.86 bits per heavy atom. The fraction of sp³-hybridized carbons (Fsp3) is 0.227. The topological polar surface area (TPSA) is 62.0 Å². The Hall–Kier alpha value is -3.30. The first-order valence-corrected chi connectivity index (χ1v) is 9.16. The third kappa shape index (κ3) is 4.00. The molecule has 6 heteroatoms. The van der Waals surface area contributed by atoms with Crippen LogP contribution in [0, 0.1) is 17.1 Å². The fourth-order valence-corrected chi connectivity index (χ4v) is 3.24. The molecule has 5 nitrogen and oxygen atoms in total. The maximum atomic E-state index is 13.6. The first-order chi connectivity index (χ1) is 13.7. The summed E-state index contributed by atoms with van der Waals surface area (Å²) in [7, 11) is 0. The molecule has 140 valence electrons. The lowest BCUT2D eigenvalue weighted by Crippen LogP contribution is -2.36. The number of rotatable bonds is 4. The van der Waals surface area contributed by atoms with E-state index in [0.717, 1.165) is 31.9 Å². The molecule has 0 spiro atoms. The van der Waals surface area contributed by atoms with Crippen LogP contribution in [0.15, 0.2) is 54.7 Å². The third-order valence-corrected chi connectivity index (χ3v) is 4.76. The smallest absolute Gasteiger partial charge is 0.140 e. The van der Waals surface area contributed by atoms with Crippen LogP contribution in [0.25, 0.3) is 11.3 Å². The van der Waals surface area contributed by atoms with Crippen molar-refractivity contribution in [3.63, 3.8) is 0 Å². The van der Waals surface area contributed by atoms with Gasteiger partial charge in [0.1, 0.15) is 17.7 Å². The van der Waals surface area contributed by atoms with Crippen LogP contribution < -0.4 is 4.90 Å². The van der Waals surface area contributed by atoms with Crippen molar-refractivity contribution >= 4 is 5.69 Å². The van der Waals surface area contributed by atoms with Crippen molar-refractivity contribution in [2.45, 2.75) is 6.42 Å². The zero-order valence-electron chi connectivity index (χ0n) is 15.3. The van der Waals surface area contributed by atoms with E-state index in [2.05, 4.69) is 39.1 Å². The highest BCUT2D eigenvalue weighted by Gasteiger charge is 2.11. The van der Waals surface area contributed by atoms with E-state index in [1.165, 1.54) is 17.8 Å². The number of benzene rings is 2. The summed E-state index contributed by atoms with van der Waals surface area (Å²) in [4.78, 5) is 11.3. The van der Waals surface area contributed by atoms with Crippen LogP contribution in [0.5, 0.6) is 0 Å². The fourth-order valence-electron chi connectivity index (χ4n) is 3.24. The molecule has 28 heavy (non-hydrogen) atoms. The number of ether oxygens (including phenoxy) is 1. The molecular formula is C22H19FN4O. The summed E-state index contributed by atoms with van der Waals surface area (Å²) < 4.78 is 18.9. The lowest BCUT2D eigenvalue weighted by Gasteiger charge is -2.28. The Bertz CT molecular complexity index is 1010. The minimum atomic E-state index is -0.527. The van der Waals surface area contributed by atoms with Gasteiger partial charge in [-0.2, -0.15) is 5.26 Å². The molecule has 1 saturated heterocycles. The van der Waals surface area contributed by atoms with E-state index in [1.807, 2.05) is 6.07 Å². The van der Waals surface area contributed by atoms with Gasteiger partial charge in [0.25, 0.3) is 0 Å². The van der Waals surface area contributed by atoms with Gasteiger partial charge in [0, 0.05) is 37.0 Å². The molecule has 0 unspecified atom stereocenters. The molecule has 0 amide bonds. The van der Waals surface area contributed by atoms with Crippen LogP contribution in [-0.4, -0.2) is 36.3 Å². The van der Waals surface area contributed by atoms with Gasteiger partial charge < -0.3 is 9.64 Å². The summed E-state index contributed by atoms with van der Waals surface area (Å²) >= 11 is 0. The van der Waals surface area contributed by atoms with Crippen molar-refractivity contribution in [1.29, 1.82) is 5.26 Å². The van der Waals surface area contributed by atoms with E-state index >= 15 is 0 Å². The summed E-state index contributed by atoms with van der Waals surface area (Å²) in [6, 6.07) is 16.5. The van der Waals surface area contributed by atoms with E-state index in [9.17, 15) is 4.39 Å². The highest BCUT2D eigenvalue weighted by atomic mass is 19.1. The van der Waals surface area contributed by atoms with Crippen molar-refractivity contribution in [1.82, 2.24) is 9.97 Å². The number of morpholine rings is 1. The maximum Gasteiger partial charge on any atom is 0.140 e. The van der Waals surface area contributed by atoms with Crippen molar-refractivity contribution in [3.8, 4) is 17.3 Å². The van der Waals surface area contributed by atoms with Gasteiger partial charge in [-0.15, -0.1) is 0 Å². The summed E-state index contributed by atoms with van der Waals surface area (Å²) in [6.45, 7) is 3.35. The van der Waals surface area contributed by atoms with Crippen molar-refractivity contribution in [3.05, 3.63) is 77.5 Å². The molecule has 1 fully saturated rings. The molecule has 3 aromatic rings. The number of nitrogens with zero attached hydrogens (tertiary/aromatic N) is 4. The molecule has 0 bridgehead atoms. The molecule has 0 atom stereocenters. The van der Waals surface area contributed by atoms with E-state index in [1.54, 1.807) is 18.3 Å². The van der Waals surface area contributed by atoms with Gasteiger partial charge in [0.05, 0.1) is 24.5 Å². The van der Waals surface area contributed by atoms with Crippen molar-refractivity contribution < 1.29 is 9.13 Å². The van der Waals surface area contributed by atoms with E-state index in [4.69, 9.17) is 10.00 Å². The predicted octanol–water partition coefficient (Wildman–Crippen LogP) is 3.58. The number of halogens is 1. The Morgan fingerprint density at radius 3 is 2.61 bits per heavy atom. The molecule has 1 aromatic heterocycles. The molecule has 1 aliphatic rings. The van der Waals surface area contributed by atoms with Crippen LogP contribution in [0.2, 0.25) is 0 Å². The van der Waals surface area contributed by atoms with Crippen LogP contribution in [0.4, 0.5) is 10.1 Å². The van der Waals surface area contributed by atoms with Crippen LogP contribution in [-0.2, 0) is 11.2 Å². The second kappa shape index (κ2) is 8.15. The minimum absolute atomic E-state index is 0.0105.